The second-order valence-electron chi connectivity index (χ2n) is 5.58. The van der Waals surface area contributed by atoms with Gasteiger partial charge >= 0.3 is 0 Å². The summed E-state index contributed by atoms with van der Waals surface area (Å²) in [6, 6.07) is 5.58. The molecule has 3 nitrogen and oxygen atoms in total. The fourth-order valence-electron chi connectivity index (χ4n) is 2.93. The molecule has 116 valence electrons. The van der Waals surface area contributed by atoms with Gasteiger partial charge in [-0.05, 0) is 49.1 Å². The maximum Gasteiger partial charge on any atom is 0.226 e. The number of benzene rings is 1. The number of rotatable bonds is 2. The van der Waals surface area contributed by atoms with Crippen molar-refractivity contribution in [2.45, 2.75) is 18.8 Å². The van der Waals surface area contributed by atoms with Gasteiger partial charge in [-0.2, -0.15) is 0 Å². The molecule has 1 heterocycles. The van der Waals surface area contributed by atoms with Gasteiger partial charge in [0.1, 0.15) is 0 Å². The van der Waals surface area contributed by atoms with E-state index in [0.29, 0.717) is 10.0 Å². The fourth-order valence-corrected chi connectivity index (χ4v) is 3.47. The first kappa shape index (κ1) is 16.9. The van der Waals surface area contributed by atoms with E-state index in [1.54, 1.807) is 6.07 Å². The molecule has 21 heavy (non-hydrogen) atoms. The van der Waals surface area contributed by atoms with Crippen LogP contribution in [0.2, 0.25) is 10.0 Å². The van der Waals surface area contributed by atoms with Crippen LogP contribution >= 0.6 is 35.6 Å². The lowest BCUT2D eigenvalue weighted by Crippen LogP contribution is -2.35. The van der Waals surface area contributed by atoms with Gasteiger partial charge in [-0.25, -0.2) is 0 Å². The summed E-state index contributed by atoms with van der Waals surface area (Å²) in [6.07, 6.45) is 1.95. The van der Waals surface area contributed by atoms with Crippen LogP contribution in [0.1, 0.15) is 24.3 Å². The molecule has 2 aliphatic rings. The number of carbonyl (C=O) groups excluding carboxylic acids is 1. The molecule has 1 amide bonds. The highest BCUT2D eigenvalue weighted by Crippen LogP contribution is 2.49. The lowest BCUT2D eigenvalue weighted by molar-refractivity contribution is -0.132. The number of carbonyl (C=O) groups is 1. The topological polar surface area (TPSA) is 32.3 Å². The Hall–Kier alpha value is -0.480. The highest BCUT2D eigenvalue weighted by Gasteiger charge is 2.45. The molecular weight excluding hydrogens is 331 g/mol. The lowest BCUT2D eigenvalue weighted by atomic mass is 10.1. The van der Waals surface area contributed by atoms with Crippen molar-refractivity contribution in [3.8, 4) is 0 Å². The van der Waals surface area contributed by atoms with Gasteiger partial charge in [0.25, 0.3) is 0 Å². The van der Waals surface area contributed by atoms with Gasteiger partial charge in [0.05, 0.1) is 0 Å². The first-order valence-electron chi connectivity index (χ1n) is 7.10. The Kier molecular flexibility index (Phi) is 5.78. The van der Waals surface area contributed by atoms with Crippen molar-refractivity contribution in [2.24, 2.45) is 5.92 Å². The van der Waals surface area contributed by atoms with Gasteiger partial charge in [-0.1, -0.05) is 23.2 Å². The van der Waals surface area contributed by atoms with Gasteiger partial charge in [-0.15, -0.1) is 12.4 Å². The number of nitrogens with zero attached hydrogens (tertiary/aromatic N) is 1. The van der Waals surface area contributed by atoms with Crippen molar-refractivity contribution >= 4 is 41.5 Å². The van der Waals surface area contributed by atoms with E-state index in [-0.39, 0.29) is 30.2 Å². The Morgan fingerprint density at radius 2 is 1.86 bits per heavy atom. The molecule has 1 aromatic carbocycles. The Labute approximate surface area is 141 Å². The van der Waals surface area contributed by atoms with Gasteiger partial charge < -0.3 is 10.2 Å². The van der Waals surface area contributed by atoms with E-state index >= 15 is 0 Å². The zero-order chi connectivity index (χ0) is 14.1. The number of halogens is 3. The van der Waals surface area contributed by atoms with E-state index in [1.165, 1.54) is 0 Å². The molecule has 0 spiro atoms. The summed E-state index contributed by atoms with van der Waals surface area (Å²) in [5.74, 6) is 0.687. The van der Waals surface area contributed by atoms with Crippen molar-refractivity contribution in [2.75, 3.05) is 26.2 Å². The number of amides is 1. The van der Waals surface area contributed by atoms with E-state index in [2.05, 4.69) is 5.32 Å². The molecular formula is C15H19Cl3N2O. The Morgan fingerprint density at radius 1 is 1.14 bits per heavy atom. The smallest absolute Gasteiger partial charge is 0.226 e. The summed E-state index contributed by atoms with van der Waals surface area (Å²) in [5.41, 5.74) is 1.09. The number of nitrogens with one attached hydrogen (secondary N) is 1. The fraction of sp³-hybridized carbons (Fsp3) is 0.533. The van der Waals surface area contributed by atoms with Crippen LogP contribution < -0.4 is 5.32 Å². The zero-order valence-electron chi connectivity index (χ0n) is 11.6. The molecule has 1 N–H and O–H groups in total. The first-order valence-corrected chi connectivity index (χ1v) is 7.86. The molecule has 2 unspecified atom stereocenters. The summed E-state index contributed by atoms with van der Waals surface area (Å²) in [7, 11) is 0. The normalized spacial score (nSPS) is 25.0. The summed E-state index contributed by atoms with van der Waals surface area (Å²) in [5, 5.41) is 4.61. The third-order valence-electron chi connectivity index (χ3n) is 4.07. The highest BCUT2D eigenvalue weighted by molar-refractivity contribution is 6.34. The second kappa shape index (κ2) is 7.19. The minimum absolute atomic E-state index is 0. The molecule has 3 rings (SSSR count). The molecule has 1 aliphatic heterocycles. The zero-order valence-corrected chi connectivity index (χ0v) is 14.0. The maximum absolute atomic E-state index is 12.5. The van der Waals surface area contributed by atoms with Gasteiger partial charge in [0.2, 0.25) is 5.91 Å². The third kappa shape index (κ3) is 4.04. The quantitative estimate of drug-likeness (QED) is 0.888. The molecule has 6 heteroatoms. The molecule has 1 saturated carbocycles. The SMILES string of the molecule is Cl.O=C(C1CC1c1cc(Cl)cc(Cl)c1)N1CCCNCC1. The molecule has 0 aromatic heterocycles. The van der Waals surface area contributed by atoms with Crippen LogP contribution in [-0.4, -0.2) is 37.0 Å². The number of hydrogen-bond acceptors (Lipinski definition) is 2. The monoisotopic (exact) mass is 348 g/mol. The standard InChI is InChI=1S/C15H18Cl2N2O.ClH/c16-11-6-10(7-12(17)8-11)13-9-14(13)15(20)19-4-1-2-18-3-5-19;/h6-8,13-14,18H,1-5,9H2;1H. The highest BCUT2D eigenvalue weighted by atomic mass is 35.5. The van der Waals surface area contributed by atoms with Crippen molar-refractivity contribution in [1.82, 2.24) is 10.2 Å². The molecule has 0 radical (unpaired) electrons. The summed E-state index contributed by atoms with van der Waals surface area (Å²) in [4.78, 5) is 14.5. The molecule has 1 saturated heterocycles. The first-order chi connectivity index (χ1) is 9.65. The Bertz CT molecular complexity index is 495. The minimum atomic E-state index is 0. The van der Waals surface area contributed by atoms with Crippen molar-refractivity contribution < 1.29 is 4.79 Å². The summed E-state index contributed by atoms with van der Waals surface area (Å²) in [6.45, 7) is 3.58. The Morgan fingerprint density at radius 3 is 2.57 bits per heavy atom. The van der Waals surface area contributed by atoms with Crippen molar-refractivity contribution in [1.29, 1.82) is 0 Å². The number of hydrogen-bond donors (Lipinski definition) is 1. The van der Waals surface area contributed by atoms with Crippen LogP contribution in [0.25, 0.3) is 0 Å². The van der Waals surface area contributed by atoms with E-state index < -0.39 is 0 Å². The van der Waals surface area contributed by atoms with Crippen LogP contribution in [-0.2, 0) is 4.79 Å². The van der Waals surface area contributed by atoms with E-state index in [1.807, 2.05) is 17.0 Å². The largest absolute Gasteiger partial charge is 0.341 e. The second-order valence-corrected chi connectivity index (χ2v) is 6.45. The average molecular weight is 350 g/mol. The van der Waals surface area contributed by atoms with Crippen molar-refractivity contribution in [3.05, 3.63) is 33.8 Å². The van der Waals surface area contributed by atoms with Gasteiger partial charge in [-0.3, -0.25) is 4.79 Å². The predicted octanol–water partition coefficient (Wildman–Crippen LogP) is 3.34. The summed E-state index contributed by atoms with van der Waals surface area (Å²) >= 11 is 12.1. The molecule has 1 aromatic rings. The van der Waals surface area contributed by atoms with Crippen LogP contribution in [0, 0.1) is 5.92 Å². The maximum atomic E-state index is 12.5. The molecule has 0 bridgehead atoms. The van der Waals surface area contributed by atoms with E-state index in [0.717, 1.165) is 44.6 Å². The van der Waals surface area contributed by atoms with E-state index in [4.69, 9.17) is 23.2 Å². The lowest BCUT2D eigenvalue weighted by Gasteiger charge is -2.20. The van der Waals surface area contributed by atoms with Gasteiger partial charge in [0, 0.05) is 35.6 Å². The molecule has 2 fully saturated rings. The van der Waals surface area contributed by atoms with Crippen LogP contribution in [0.3, 0.4) is 0 Å². The summed E-state index contributed by atoms with van der Waals surface area (Å²) < 4.78 is 0. The van der Waals surface area contributed by atoms with Crippen LogP contribution in [0.5, 0.6) is 0 Å². The Balaban J connectivity index is 0.00000161. The third-order valence-corrected chi connectivity index (χ3v) is 4.51. The van der Waals surface area contributed by atoms with Crippen molar-refractivity contribution in [3.63, 3.8) is 0 Å². The molecule has 2 atom stereocenters. The predicted molar refractivity (Wildman–Crippen MR) is 88.6 cm³/mol. The average Bonchev–Trinajstić information content (AvgIpc) is 3.21. The molecule has 1 aliphatic carbocycles. The van der Waals surface area contributed by atoms with E-state index in [9.17, 15) is 4.79 Å². The van der Waals surface area contributed by atoms with Gasteiger partial charge in [0.15, 0.2) is 0 Å². The van der Waals surface area contributed by atoms with Crippen LogP contribution in [0.4, 0.5) is 0 Å². The minimum Gasteiger partial charge on any atom is -0.341 e. The van der Waals surface area contributed by atoms with Crippen LogP contribution in [0.15, 0.2) is 18.2 Å².